The zero-order valence-corrected chi connectivity index (χ0v) is 12.5. The van der Waals surface area contributed by atoms with Gasteiger partial charge in [0.25, 0.3) is 5.56 Å². The van der Waals surface area contributed by atoms with E-state index in [4.69, 9.17) is 0 Å². The minimum Gasteiger partial charge on any atom is -0.358 e. The molecule has 8 heteroatoms. The van der Waals surface area contributed by atoms with E-state index in [0.29, 0.717) is 10.9 Å². The maximum atomic E-state index is 13.4. The summed E-state index contributed by atoms with van der Waals surface area (Å²) in [6.45, 7) is -0.401. The van der Waals surface area contributed by atoms with Crippen LogP contribution in [0.4, 0.5) is 4.39 Å². The lowest BCUT2D eigenvalue weighted by Gasteiger charge is -2.15. The number of amides is 1. The van der Waals surface area contributed by atoms with Crippen LogP contribution in [-0.4, -0.2) is 27.1 Å². The van der Waals surface area contributed by atoms with Gasteiger partial charge < -0.3 is 9.88 Å². The number of halogens is 1. The normalized spacial score (nSPS) is 11.1. The fourth-order valence-electron chi connectivity index (χ4n) is 2.48. The molecule has 2 aliphatic heterocycles. The first-order valence-corrected chi connectivity index (χ1v) is 6.83. The summed E-state index contributed by atoms with van der Waals surface area (Å²) in [4.78, 5) is 39.9. The van der Waals surface area contributed by atoms with Gasteiger partial charge in [0.15, 0.2) is 5.82 Å². The molecule has 0 fully saturated rings. The maximum Gasteiger partial charge on any atom is 0.352 e. The highest BCUT2D eigenvalue weighted by atomic mass is 19.1. The van der Waals surface area contributed by atoms with Crippen molar-refractivity contribution in [1.29, 1.82) is 0 Å². The number of fused-ring (bicyclic) bond motifs is 2. The second-order valence-electron chi connectivity index (χ2n) is 5.10. The lowest BCUT2D eigenvalue weighted by atomic mass is 10.1. The molecule has 0 spiro atoms. The molecule has 0 radical (unpaired) electrons. The Balaban J connectivity index is 2.38. The smallest absolute Gasteiger partial charge is 0.352 e. The van der Waals surface area contributed by atoms with E-state index in [1.165, 1.54) is 29.8 Å². The van der Waals surface area contributed by atoms with Crippen LogP contribution in [0.1, 0.15) is 0 Å². The Morgan fingerprint density at radius 2 is 2.04 bits per heavy atom. The summed E-state index contributed by atoms with van der Waals surface area (Å²) in [6, 6.07) is 5.67. The number of carbonyl (C=O) groups is 1. The Morgan fingerprint density at radius 1 is 1.30 bits per heavy atom. The van der Waals surface area contributed by atoms with Crippen molar-refractivity contribution in [3.63, 3.8) is 0 Å². The average molecular weight is 316 g/mol. The number of rotatable bonds is 2. The molecule has 2 aliphatic rings. The number of aromatic nitrogens is 3. The second-order valence-corrected chi connectivity index (χ2v) is 5.10. The SMILES string of the molecule is CNC(=O)Cn1c(=O)nc2n(C)c3cc(F)ccc3cc-2c1=O. The number of pyridine rings is 1. The van der Waals surface area contributed by atoms with E-state index in [2.05, 4.69) is 10.3 Å². The van der Waals surface area contributed by atoms with Gasteiger partial charge in [-0.05, 0) is 29.7 Å². The third-order valence-corrected chi connectivity index (χ3v) is 3.70. The Bertz CT molecular complexity index is 1020. The molecule has 2 heterocycles. The molecule has 3 rings (SSSR count). The number of benzene rings is 1. The highest BCUT2D eigenvalue weighted by Gasteiger charge is 2.19. The molecule has 1 aromatic rings. The molecule has 0 atom stereocenters. The average Bonchev–Trinajstić information content (AvgIpc) is 2.53. The first-order chi connectivity index (χ1) is 10.9. The maximum absolute atomic E-state index is 13.4. The molecule has 0 unspecified atom stereocenters. The molecule has 0 saturated carbocycles. The topological polar surface area (TPSA) is 86.0 Å². The molecule has 1 N–H and O–H groups in total. The molecular weight excluding hydrogens is 303 g/mol. The highest BCUT2D eigenvalue weighted by Crippen LogP contribution is 2.23. The Hall–Kier alpha value is -3.03. The summed E-state index contributed by atoms with van der Waals surface area (Å²) in [5.41, 5.74) is -0.731. The van der Waals surface area contributed by atoms with Crippen LogP contribution in [-0.2, 0) is 18.4 Å². The lowest BCUT2D eigenvalue weighted by molar-refractivity contribution is -0.121. The van der Waals surface area contributed by atoms with Gasteiger partial charge >= 0.3 is 5.69 Å². The van der Waals surface area contributed by atoms with Crippen LogP contribution in [0.3, 0.4) is 0 Å². The van der Waals surface area contributed by atoms with E-state index < -0.39 is 29.5 Å². The molecule has 1 aromatic carbocycles. The minimum atomic E-state index is -0.822. The summed E-state index contributed by atoms with van der Waals surface area (Å²) in [5.74, 6) is -0.758. The van der Waals surface area contributed by atoms with E-state index in [0.717, 1.165) is 4.57 Å². The van der Waals surface area contributed by atoms with Crippen LogP contribution in [0.25, 0.3) is 22.3 Å². The van der Waals surface area contributed by atoms with Crippen LogP contribution in [0.5, 0.6) is 0 Å². The summed E-state index contributed by atoms with van der Waals surface area (Å²) < 4.78 is 15.7. The van der Waals surface area contributed by atoms with E-state index in [9.17, 15) is 18.8 Å². The number of carbonyl (C=O) groups excluding carboxylic acids is 1. The Kier molecular flexibility index (Phi) is 3.44. The zero-order valence-electron chi connectivity index (χ0n) is 12.5. The van der Waals surface area contributed by atoms with Gasteiger partial charge in [-0.25, -0.2) is 13.8 Å². The monoisotopic (exact) mass is 316 g/mol. The van der Waals surface area contributed by atoms with Crippen molar-refractivity contribution >= 4 is 16.8 Å². The first-order valence-electron chi connectivity index (χ1n) is 6.83. The van der Waals surface area contributed by atoms with Gasteiger partial charge in [0, 0.05) is 14.1 Å². The standard InChI is InChI=1S/C15H13FN4O3/c1-17-12(21)7-20-14(22)10-5-8-3-4-9(16)6-11(8)19(2)13(10)18-15(20)23/h3-6H,7H2,1-2H3,(H,17,21). The molecule has 118 valence electrons. The number of hydrogen-bond donors (Lipinski definition) is 1. The van der Waals surface area contributed by atoms with Crippen molar-refractivity contribution in [3.8, 4) is 11.4 Å². The number of nitrogens with one attached hydrogen (secondary N) is 1. The molecule has 1 amide bonds. The summed E-state index contributed by atoms with van der Waals surface area (Å²) >= 11 is 0. The van der Waals surface area contributed by atoms with Crippen LogP contribution in [0.2, 0.25) is 0 Å². The van der Waals surface area contributed by atoms with E-state index >= 15 is 0 Å². The predicted molar refractivity (Wildman–Crippen MR) is 81.9 cm³/mol. The van der Waals surface area contributed by atoms with Gasteiger partial charge in [-0.2, -0.15) is 4.98 Å². The molecule has 23 heavy (non-hydrogen) atoms. The van der Waals surface area contributed by atoms with Crippen molar-refractivity contribution < 1.29 is 9.18 Å². The van der Waals surface area contributed by atoms with Crippen LogP contribution in [0.15, 0.2) is 33.9 Å². The third kappa shape index (κ3) is 2.37. The molecule has 7 nitrogen and oxygen atoms in total. The van der Waals surface area contributed by atoms with Crippen molar-refractivity contribution in [1.82, 2.24) is 19.4 Å². The summed E-state index contributed by atoms with van der Waals surface area (Å²) in [7, 11) is 3.01. The van der Waals surface area contributed by atoms with Gasteiger partial charge in [0.2, 0.25) is 5.91 Å². The molecule has 0 aliphatic carbocycles. The fraction of sp³-hybridized carbons (Fsp3) is 0.200. The van der Waals surface area contributed by atoms with Crippen molar-refractivity contribution in [3.05, 3.63) is 50.9 Å². The highest BCUT2D eigenvalue weighted by molar-refractivity contribution is 5.85. The zero-order chi connectivity index (χ0) is 16.7. The largest absolute Gasteiger partial charge is 0.358 e. The van der Waals surface area contributed by atoms with Gasteiger partial charge in [-0.3, -0.25) is 9.59 Å². The quantitative estimate of drug-likeness (QED) is 0.679. The predicted octanol–water partition coefficient (Wildman–Crippen LogP) is 0.0851. The van der Waals surface area contributed by atoms with Crippen molar-refractivity contribution in [2.24, 2.45) is 7.05 Å². The number of nitrogens with zero attached hydrogens (tertiary/aromatic N) is 3. The molecule has 0 bridgehead atoms. The summed E-state index contributed by atoms with van der Waals surface area (Å²) in [6.07, 6.45) is 0. The van der Waals surface area contributed by atoms with E-state index in [-0.39, 0.29) is 11.4 Å². The van der Waals surface area contributed by atoms with Gasteiger partial charge in [-0.1, -0.05) is 0 Å². The fourth-order valence-corrected chi connectivity index (χ4v) is 2.48. The third-order valence-electron chi connectivity index (χ3n) is 3.70. The number of hydrogen-bond acceptors (Lipinski definition) is 4. The minimum absolute atomic E-state index is 0.145. The van der Waals surface area contributed by atoms with Crippen LogP contribution in [0, 0.1) is 5.82 Å². The van der Waals surface area contributed by atoms with E-state index in [1.807, 2.05) is 0 Å². The van der Waals surface area contributed by atoms with Gasteiger partial charge in [0.05, 0.1) is 11.1 Å². The number of likely N-dealkylation sites (N-methyl/N-ethyl adjacent to an activating group) is 1. The second kappa shape index (κ2) is 5.31. The van der Waals surface area contributed by atoms with Crippen molar-refractivity contribution in [2.45, 2.75) is 6.54 Å². The summed E-state index contributed by atoms with van der Waals surface area (Å²) in [5, 5.41) is 2.98. The van der Waals surface area contributed by atoms with Crippen LogP contribution >= 0.6 is 0 Å². The van der Waals surface area contributed by atoms with Gasteiger partial charge in [0.1, 0.15) is 12.4 Å². The molecule has 0 aromatic heterocycles. The molecular formula is C15H13FN4O3. The van der Waals surface area contributed by atoms with Crippen molar-refractivity contribution in [2.75, 3.05) is 7.05 Å². The first kappa shape index (κ1) is 14.9. The molecule has 0 saturated heterocycles. The Morgan fingerprint density at radius 3 is 2.74 bits per heavy atom. The number of aryl methyl sites for hydroxylation is 1. The van der Waals surface area contributed by atoms with E-state index in [1.54, 1.807) is 13.1 Å². The Labute approximate surface area is 129 Å². The van der Waals surface area contributed by atoms with Gasteiger partial charge in [-0.15, -0.1) is 0 Å². The lowest BCUT2D eigenvalue weighted by Crippen LogP contribution is -2.41. The van der Waals surface area contributed by atoms with Crippen LogP contribution < -0.4 is 16.6 Å².